The summed E-state index contributed by atoms with van der Waals surface area (Å²) in [5, 5.41) is 0. The van der Waals surface area contributed by atoms with Crippen LogP contribution in [0.1, 0.15) is 18.1 Å². The number of rotatable bonds is 6. The van der Waals surface area contributed by atoms with Gasteiger partial charge in [-0.25, -0.2) is 0 Å². The molecule has 1 atom stereocenters. The summed E-state index contributed by atoms with van der Waals surface area (Å²) in [6.07, 6.45) is 1.52. The fraction of sp³-hybridized carbons (Fsp3) is 0.409. The van der Waals surface area contributed by atoms with Gasteiger partial charge in [0, 0.05) is 32.2 Å². The van der Waals surface area contributed by atoms with E-state index in [2.05, 4.69) is 42.2 Å². The molecule has 1 unspecified atom stereocenters. The lowest BCUT2D eigenvalue weighted by atomic mass is 10.1. The van der Waals surface area contributed by atoms with Crippen LogP contribution < -0.4 is 4.74 Å². The molecule has 0 aromatic heterocycles. The number of methoxy groups -OCH3 is 1. The average Bonchev–Trinajstić information content (AvgIpc) is 2.69. The normalized spacial score (nSPS) is 16.3. The predicted molar refractivity (Wildman–Crippen MR) is 104 cm³/mol. The zero-order valence-corrected chi connectivity index (χ0v) is 15.7. The molecule has 138 valence electrons. The van der Waals surface area contributed by atoms with Crippen molar-refractivity contribution in [2.24, 2.45) is 0 Å². The molecule has 0 aliphatic carbocycles. The smallest absolute Gasteiger partial charge is 0.227 e. The summed E-state index contributed by atoms with van der Waals surface area (Å²) in [6.45, 7) is 5.80. The molecule has 0 radical (unpaired) electrons. The summed E-state index contributed by atoms with van der Waals surface area (Å²) in [5.74, 6) is 1.03. The highest BCUT2D eigenvalue weighted by atomic mass is 16.5. The fourth-order valence-corrected chi connectivity index (χ4v) is 3.53. The number of hydrogen-bond donors (Lipinski definition) is 0. The number of piperazine rings is 1. The van der Waals surface area contributed by atoms with E-state index in [4.69, 9.17) is 4.74 Å². The first-order valence-electron chi connectivity index (χ1n) is 9.34. The number of ether oxygens (including phenoxy) is 1. The maximum atomic E-state index is 12.6. The number of nitrogens with zero attached hydrogens (tertiary/aromatic N) is 2. The van der Waals surface area contributed by atoms with E-state index >= 15 is 0 Å². The molecule has 0 spiro atoms. The molecule has 1 amide bonds. The highest BCUT2D eigenvalue weighted by Gasteiger charge is 2.24. The van der Waals surface area contributed by atoms with Gasteiger partial charge in [-0.2, -0.15) is 0 Å². The van der Waals surface area contributed by atoms with Crippen LogP contribution in [-0.4, -0.2) is 55.0 Å². The topological polar surface area (TPSA) is 32.8 Å². The van der Waals surface area contributed by atoms with Crippen LogP contribution in [0, 0.1) is 0 Å². The lowest BCUT2D eigenvalue weighted by Crippen LogP contribution is -2.52. The van der Waals surface area contributed by atoms with Crippen LogP contribution in [0.2, 0.25) is 0 Å². The Morgan fingerprint density at radius 1 is 0.962 bits per heavy atom. The molecule has 1 heterocycles. The Bertz CT molecular complexity index is 692. The first kappa shape index (κ1) is 18.5. The first-order chi connectivity index (χ1) is 12.7. The lowest BCUT2D eigenvalue weighted by Gasteiger charge is -2.38. The van der Waals surface area contributed by atoms with E-state index < -0.39 is 0 Å². The van der Waals surface area contributed by atoms with Crippen molar-refractivity contribution in [1.29, 1.82) is 0 Å². The second-order valence-electron chi connectivity index (χ2n) is 6.98. The molecule has 1 saturated heterocycles. The van der Waals surface area contributed by atoms with Gasteiger partial charge >= 0.3 is 0 Å². The summed E-state index contributed by atoms with van der Waals surface area (Å²) in [7, 11) is 1.65. The Balaban J connectivity index is 1.47. The Labute approximate surface area is 156 Å². The molecule has 1 aliphatic rings. The van der Waals surface area contributed by atoms with E-state index in [1.54, 1.807) is 7.11 Å². The number of carbonyl (C=O) groups excluding carboxylic acids is 1. The van der Waals surface area contributed by atoms with Gasteiger partial charge in [-0.05, 0) is 36.6 Å². The molecule has 0 bridgehead atoms. The Morgan fingerprint density at radius 2 is 1.62 bits per heavy atom. The SMILES string of the molecule is COc1ccc(CC(=O)N2CCN(C(C)Cc3ccccc3)CC2)cc1. The summed E-state index contributed by atoms with van der Waals surface area (Å²) in [5.41, 5.74) is 2.41. The molecule has 26 heavy (non-hydrogen) atoms. The summed E-state index contributed by atoms with van der Waals surface area (Å²) >= 11 is 0. The predicted octanol–water partition coefficient (Wildman–Crippen LogP) is 3.01. The Kier molecular flexibility index (Phi) is 6.29. The van der Waals surface area contributed by atoms with Gasteiger partial charge < -0.3 is 9.64 Å². The van der Waals surface area contributed by atoms with Crippen molar-refractivity contribution in [2.75, 3.05) is 33.3 Å². The number of hydrogen-bond acceptors (Lipinski definition) is 3. The molecular formula is C22H28N2O2. The largest absolute Gasteiger partial charge is 0.497 e. The van der Waals surface area contributed by atoms with Crippen molar-refractivity contribution in [3.05, 3.63) is 65.7 Å². The van der Waals surface area contributed by atoms with E-state index in [0.29, 0.717) is 12.5 Å². The van der Waals surface area contributed by atoms with Crippen LogP contribution in [-0.2, 0) is 17.6 Å². The summed E-state index contributed by atoms with van der Waals surface area (Å²) in [4.78, 5) is 17.1. The van der Waals surface area contributed by atoms with E-state index in [-0.39, 0.29) is 5.91 Å². The molecule has 0 saturated carbocycles. The van der Waals surface area contributed by atoms with Crippen LogP contribution in [0.25, 0.3) is 0 Å². The number of carbonyl (C=O) groups is 1. The van der Waals surface area contributed by atoms with E-state index in [1.165, 1.54) is 5.56 Å². The first-order valence-corrected chi connectivity index (χ1v) is 9.34. The minimum atomic E-state index is 0.213. The van der Waals surface area contributed by atoms with Gasteiger partial charge in [0.05, 0.1) is 13.5 Å². The van der Waals surface area contributed by atoms with Crippen LogP contribution >= 0.6 is 0 Å². The van der Waals surface area contributed by atoms with Gasteiger partial charge in [0.15, 0.2) is 0 Å². The van der Waals surface area contributed by atoms with Crippen molar-refractivity contribution < 1.29 is 9.53 Å². The van der Waals surface area contributed by atoms with Gasteiger partial charge in [0.2, 0.25) is 5.91 Å². The molecule has 1 aliphatic heterocycles. The maximum Gasteiger partial charge on any atom is 0.227 e. The summed E-state index contributed by atoms with van der Waals surface area (Å²) in [6, 6.07) is 18.9. The third kappa shape index (κ3) is 4.85. The van der Waals surface area contributed by atoms with E-state index in [0.717, 1.165) is 43.9 Å². The molecule has 2 aromatic rings. The van der Waals surface area contributed by atoms with Crippen molar-refractivity contribution in [3.8, 4) is 5.75 Å². The van der Waals surface area contributed by atoms with Crippen molar-refractivity contribution in [2.45, 2.75) is 25.8 Å². The number of amides is 1. The second-order valence-corrected chi connectivity index (χ2v) is 6.98. The fourth-order valence-electron chi connectivity index (χ4n) is 3.53. The monoisotopic (exact) mass is 352 g/mol. The molecule has 4 nitrogen and oxygen atoms in total. The van der Waals surface area contributed by atoms with E-state index in [9.17, 15) is 4.79 Å². The highest BCUT2D eigenvalue weighted by Crippen LogP contribution is 2.15. The third-order valence-electron chi connectivity index (χ3n) is 5.18. The quantitative estimate of drug-likeness (QED) is 0.801. The van der Waals surface area contributed by atoms with Crippen molar-refractivity contribution >= 4 is 5.91 Å². The van der Waals surface area contributed by atoms with E-state index in [1.807, 2.05) is 29.2 Å². The van der Waals surface area contributed by atoms with Gasteiger partial charge in [0.1, 0.15) is 5.75 Å². The molecule has 4 heteroatoms. The molecule has 3 rings (SSSR count). The molecular weight excluding hydrogens is 324 g/mol. The molecule has 0 N–H and O–H groups in total. The zero-order chi connectivity index (χ0) is 18.4. The van der Waals surface area contributed by atoms with Crippen molar-refractivity contribution in [3.63, 3.8) is 0 Å². The van der Waals surface area contributed by atoms with Crippen molar-refractivity contribution in [1.82, 2.24) is 9.80 Å². The van der Waals surface area contributed by atoms with Gasteiger partial charge in [0.25, 0.3) is 0 Å². The zero-order valence-electron chi connectivity index (χ0n) is 15.7. The second kappa shape index (κ2) is 8.86. The van der Waals surface area contributed by atoms with Crippen LogP contribution in [0.15, 0.2) is 54.6 Å². The van der Waals surface area contributed by atoms with Gasteiger partial charge in [-0.3, -0.25) is 9.69 Å². The van der Waals surface area contributed by atoms with Crippen LogP contribution in [0.3, 0.4) is 0 Å². The minimum Gasteiger partial charge on any atom is -0.497 e. The maximum absolute atomic E-state index is 12.6. The minimum absolute atomic E-state index is 0.213. The highest BCUT2D eigenvalue weighted by molar-refractivity contribution is 5.79. The summed E-state index contributed by atoms with van der Waals surface area (Å²) < 4.78 is 5.17. The number of benzene rings is 2. The van der Waals surface area contributed by atoms with Crippen LogP contribution in [0.4, 0.5) is 0 Å². The molecule has 1 fully saturated rings. The standard InChI is InChI=1S/C22H28N2O2/c1-18(16-19-6-4-3-5-7-19)23-12-14-24(15-13-23)22(25)17-20-8-10-21(26-2)11-9-20/h3-11,18H,12-17H2,1-2H3. The van der Waals surface area contributed by atoms with Gasteiger partial charge in [-0.15, -0.1) is 0 Å². The Morgan fingerprint density at radius 3 is 2.23 bits per heavy atom. The molecule has 2 aromatic carbocycles. The van der Waals surface area contributed by atoms with Gasteiger partial charge in [-0.1, -0.05) is 42.5 Å². The average molecular weight is 352 g/mol. The van der Waals surface area contributed by atoms with Crippen LogP contribution in [0.5, 0.6) is 5.75 Å². The lowest BCUT2D eigenvalue weighted by molar-refractivity contribution is -0.132. The third-order valence-corrected chi connectivity index (χ3v) is 5.18. The Hall–Kier alpha value is -2.33.